The molecule has 0 spiro atoms. The van der Waals surface area contributed by atoms with Gasteiger partial charge in [-0.1, -0.05) is 92.5 Å². The van der Waals surface area contributed by atoms with E-state index in [0.717, 1.165) is 33.4 Å². The number of carbonyl (C=O) groups excluding carboxylic acids is 2. The third kappa shape index (κ3) is 2.82. The zero-order valence-corrected chi connectivity index (χ0v) is 22.8. The molecule has 4 aromatic rings. The molecule has 2 amide bonds. The van der Waals surface area contributed by atoms with Crippen molar-refractivity contribution in [1.82, 2.24) is 0 Å². The van der Waals surface area contributed by atoms with Crippen LogP contribution >= 0.6 is 31.9 Å². The van der Waals surface area contributed by atoms with E-state index in [1.54, 1.807) is 24.3 Å². The Morgan fingerprint density at radius 3 is 1.37 bits per heavy atom. The van der Waals surface area contributed by atoms with Gasteiger partial charge in [0.05, 0.1) is 31.1 Å². The Hall–Kier alpha value is -3.62. The molecule has 0 aromatic heterocycles. The lowest BCUT2D eigenvalue weighted by molar-refractivity contribution is -0.384. The summed E-state index contributed by atoms with van der Waals surface area (Å²) in [5.41, 5.74) is 6.13. The van der Waals surface area contributed by atoms with Crippen molar-refractivity contribution in [2.24, 2.45) is 11.8 Å². The fraction of sp³-hybridized carbons (Fsp3) is 0.133. The van der Waals surface area contributed by atoms with E-state index in [-0.39, 0.29) is 17.5 Å². The number of carbonyl (C=O) groups is 2. The molecule has 8 heteroatoms. The van der Waals surface area contributed by atoms with Gasteiger partial charge in [-0.15, -0.1) is 0 Å². The molecule has 2 bridgehead atoms. The van der Waals surface area contributed by atoms with Crippen LogP contribution in [0.2, 0.25) is 0 Å². The van der Waals surface area contributed by atoms with E-state index >= 15 is 0 Å². The zero-order valence-electron chi connectivity index (χ0n) is 19.7. The first-order valence-electron chi connectivity index (χ1n) is 12.1. The number of benzene rings is 4. The van der Waals surface area contributed by atoms with Gasteiger partial charge in [-0.25, -0.2) is 4.90 Å². The third-order valence-corrected chi connectivity index (χ3v) is 10.8. The van der Waals surface area contributed by atoms with Gasteiger partial charge in [0.1, 0.15) is 0 Å². The molecule has 0 unspecified atom stereocenters. The van der Waals surface area contributed by atoms with Crippen LogP contribution in [0.1, 0.15) is 22.3 Å². The minimum atomic E-state index is -0.833. The number of non-ortho nitro benzene ring substituents is 1. The number of nitrogens with zero attached hydrogens (tertiary/aromatic N) is 2. The summed E-state index contributed by atoms with van der Waals surface area (Å²) in [5.74, 6) is -1.75. The Morgan fingerprint density at radius 1 is 0.632 bits per heavy atom. The molecule has 0 radical (unpaired) electrons. The quantitative estimate of drug-likeness (QED) is 0.110. The second-order valence-electron chi connectivity index (χ2n) is 9.83. The van der Waals surface area contributed by atoms with Gasteiger partial charge in [0.15, 0.2) is 0 Å². The van der Waals surface area contributed by atoms with Crippen molar-refractivity contribution in [3.63, 3.8) is 0 Å². The highest BCUT2D eigenvalue weighted by Gasteiger charge is 2.72. The number of rotatable bonds is 3. The van der Waals surface area contributed by atoms with Gasteiger partial charge in [-0.3, -0.25) is 19.7 Å². The van der Waals surface area contributed by atoms with E-state index in [0.29, 0.717) is 5.69 Å². The van der Waals surface area contributed by atoms with E-state index in [2.05, 4.69) is 31.9 Å². The van der Waals surface area contributed by atoms with Crippen molar-refractivity contribution < 1.29 is 14.5 Å². The van der Waals surface area contributed by atoms with Gasteiger partial charge in [-0.2, -0.15) is 0 Å². The average molecular weight is 630 g/mol. The zero-order chi connectivity index (χ0) is 26.4. The second kappa shape index (κ2) is 7.94. The first kappa shape index (κ1) is 23.5. The molecular formula is C30H18Br2N2O4. The molecule has 1 saturated heterocycles. The van der Waals surface area contributed by atoms with Crippen LogP contribution in [0.5, 0.6) is 0 Å². The van der Waals surface area contributed by atoms with Gasteiger partial charge in [-0.05, 0) is 57.6 Å². The average Bonchev–Trinajstić information content (AvgIpc) is 3.22. The fourth-order valence-corrected chi connectivity index (χ4v) is 8.80. The minimum absolute atomic E-state index is 0.0188. The maximum atomic E-state index is 14.2. The molecule has 1 heterocycles. The maximum absolute atomic E-state index is 14.2. The van der Waals surface area contributed by atoms with E-state index in [1.165, 1.54) is 17.0 Å². The van der Waals surface area contributed by atoms with E-state index in [1.807, 2.05) is 60.7 Å². The van der Waals surface area contributed by atoms with Crippen molar-refractivity contribution >= 4 is 55.0 Å². The molecule has 0 N–H and O–H groups in total. The lowest BCUT2D eigenvalue weighted by Gasteiger charge is -2.55. The van der Waals surface area contributed by atoms with Gasteiger partial charge in [0.25, 0.3) is 5.69 Å². The summed E-state index contributed by atoms with van der Waals surface area (Å²) in [7, 11) is 0. The van der Waals surface area contributed by atoms with Crippen molar-refractivity contribution in [2.75, 3.05) is 4.90 Å². The minimum Gasteiger partial charge on any atom is -0.274 e. The summed E-state index contributed by atoms with van der Waals surface area (Å²) in [6.45, 7) is 0. The monoisotopic (exact) mass is 628 g/mol. The molecule has 0 saturated carbocycles. The van der Waals surface area contributed by atoms with Crippen LogP contribution in [0.15, 0.2) is 97.1 Å². The van der Waals surface area contributed by atoms with Crippen molar-refractivity contribution in [1.29, 1.82) is 0 Å². The highest BCUT2D eigenvalue weighted by Crippen LogP contribution is 2.70. The van der Waals surface area contributed by atoms with E-state index in [9.17, 15) is 19.7 Å². The van der Waals surface area contributed by atoms with Crippen LogP contribution in [0, 0.1) is 22.0 Å². The summed E-state index contributed by atoms with van der Waals surface area (Å²) < 4.78 is -1.67. The van der Waals surface area contributed by atoms with Crippen LogP contribution in [0.25, 0.3) is 11.1 Å². The smallest absolute Gasteiger partial charge is 0.269 e. The number of anilines is 1. The highest BCUT2D eigenvalue weighted by molar-refractivity contribution is 9.10. The maximum Gasteiger partial charge on any atom is 0.269 e. The van der Waals surface area contributed by atoms with E-state index < -0.39 is 25.4 Å². The normalized spacial score (nSPS) is 26.6. The first-order valence-corrected chi connectivity index (χ1v) is 13.7. The summed E-state index contributed by atoms with van der Waals surface area (Å²) in [6, 6.07) is 29.4. The molecule has 38 heavy (non-hydrogen) atoms. The second-order valence-corrected chi connectivity index (χ2v) is 12.3. The molecule has 186 valence electrons. The number of imide groups is 1. The molecule has 6 nitrogen and oxygen atoms in total. The van der Waals surface area contributed by atoms with Crippen LogP contribution in [0.4, 0.5) is 11.4 Å². The molecule has 3 aliphatic carbocycles. The molecule has 8 rings (SSSR count). The Kier molecular flexibility index (Phi) is 4.91. The Labute approximate surface area is 234 Å². The molecule has 4 aliphatic rings. The summed E-state index contributed by atoms with van der Waals surface area (Å²) >= 11 is 8.04. The Morgan fingerprint density at radius 2 is 1.00 bits per heavy atom. The number of hydrogen-bond acceptors (Lipinski definition) is 4. The summed E-state index contributed by atoms with van der Waals surface area (Å²) in [4.78, 5) is 40.2. The van der Waals surface area contributed by atoms with Crippen LogP contribution in [-0.2, 0) is 18.2 Å². The van der Waals surface area contributed by atoms with Crippen molar-refractivity contribution in [2.45, 2.75) is 8.65 Å². The fourth-order valence-electron chi connectivity index (χ4n) is 6.50. The summed E-state index contributed by atoms with van der Waals surface area (Å²) in [6.07, 6.45) is 0. The Balaban J connectivity index is 1.33. The molecule has 4 aromatic carbocycles. The number of amides is 2. The lowest BCUT2D eigenvalue weighted by Crippen LogP contribution is -2.56. The molecule has 1 aliphatic heterocycles. The SMILES string of the molecule is O=C1[C@@H]2[C@@H](C(=O)N1c1ccc(-c3ccc([N+](=O)[O-])cc3)cc1)C1(Br)c3ccccc3C2(Br)c2ccccc21. The largest absolute Gasteiger partial charge is 0.274 e. The van der Waals surface area contributed by atoms with Crippen LogP contribution < -0.4 is 4.90 Å². The highest BCUT2D eigenvalue weighted by atomic mass is 79.9. The number of nitro benzene ring substituents is 1. The first-order chi connectivity index (χ1) is 18.3. The number of halogens is 2. The van der Waals surface area contributed by atoms with E-state index in [4.69, 9.17) is 0 Å². The lowest BCUT2D eigenvalue weighted by atomic mass is 9.54. The van der Waals surface area contributed by atoms with Crippen molar-refractivity contribution in [3.8, 4) is 11.1 Å². The van der Waals surface area contributed by atoms with Crippen LogP contribution in [-0.4, -0.2) is 16.7 Å². The number of alkyl halides is 2. The molecule has 1 fully saturated rings. The van der Waals surface area contributed by atoms with Crippen LogP contribution in [0.3, 0.4) is 0 Å². The van der Waals surface area contributed by atoms with Gasteiger partial charge >= 0.3 is 0 Å². The standard InChI is InChI=1S/C30H18Br2N2O4/c31-29-21-5-1-2-6-22(21)30(32,24-8-4-3-7-23(24)29)26-25(29)27(35)33(28(26)36)19-13-9-17(10-14-19)18-11-15-20(16-12-18)34(37)38/h1-16,25-26H/t25-,26-,29?,30?/m0/s1. The van der Waals surface area contributed by atoms with Gasteiger partial charge < -0.3 is 0 Å². The van der Waals surface area contributed by atoms with Gasteiger partial charge in [0, 0.05) is 12.1 Å². The Bertz CT molecular complexity index is 1560. The predicted molar refractivity (Wildman–Crippen MR) is 150 cm³/mol. The number of nitro groups is 1. The topological polar surface area (TPSA) is 80.5 Å². The van der Waals surface area contributed by atoms with Gasteiger partial charge in [0.2, 0.25) is 11.8 Å². The third-order valence-electron chi connectivity index (χ3n) is 8.12. The summed E-state index contributed by atoms with van der Waals surface area (Å²) in [5, 5.41) is 11.0. The molecule has 2 atom stereocenters. The van der Waals surface area contributed by atoms with Crippen molar-refractivity contribution in [3.05, 3.63) is 129 Å². The number of hydrogen-bond donors (Lipinski definition) is 0. The predicted octanol–water partition coefficient (Wildman–Crippen LogP) is 6.67. The molecular weight excluding hydrogens is 612 g/mol.